The van der Waals surface area contributed by atoms with Gasteiger partial charge in [-0.05, 0) is 13.1 Å². The minimum Gasteiger partial charge on any atom is -0.476 e. The van der Waals surface area contributed by atoms with Gasteiger partial charge in [0, 0.05) is 44.0 Å². The van der Waals surface area contributed by atoms with Crippen molar-refractivity contribution in [2.24, 2.45) is 7.05 Å². The van der Waals surface area contributed by atoms with Crippen molar-refractivity contribution < 1.29 is 4.74 Å². The summed E-state index contributed by atoms with van der Waals surface area (Å²) < 4.78 is 7.87. The van der Waals surface area contributed by atoms with Gasteiger partial charge in [0.1, 0.15) is 6.61 Å². The van der Waals surface area contributed by atoms with Crippen LogP contribution in [0.15, 0.2) is 30.7 Å². The van der Waals surface area contributed by atoms with Crippen LogP contribution in [0.2, 0.25) is 0 Å². The number of fused-ring (bicyclic) bond motifs is 1. The Morgan fingerprint density at radius 3 is 3.00 bits per heavy atom. The van der Waals surface area contributed by atoms with Crippen LogP contribution in [-0.4, -0.2) is 39.1 Å². The summed E-state index contributed by atoms with van der Waals surface area (Å²) in [5, 5.41) is 0. The van der Waals surface area contributed by atoms with Crippen molar-refractivity contribution >= 4 is 0 Å². The van der Waals surface area contributed by atoms with Gasteiger partial charge >= 0.3 is 0 Å². The van der Waals surface area contributed by atoms with E-state index < -0.39 is 0 Å². The second-order valence-corrected chi connectivity index (χ2v) is 5.00. The molecule has 1 aliphatic rings. The van der Waals surface area contributed by atoms with Crippen LogP contribution in [0.5, 0.6) is 5.88 Å². The topological polar surface area (TPSA) is 43.2 Å². The van der Waals surface area contributed by atoms with Crippen LogP contribution in [-0.2, 0) is 20.0 Å². The molecule has 100 valence electrons. The van der Waals surface area contributed by atoms with E-state index in [0.717, 1.165) is 13.0 Å². The highest BCUT2D eigenvalue weighted by Gasteiger charge is 2.26. The largest absolute Gasteiger partial charge is 0.476 e. The fourth-order valence-corrected chi connectivity index (χ4v) is 2.44. The molecule has 0 saturated heterocycles. The molecule has 1 unspecified atom stereocenters. The van der Waals surface area contributed by atoms with E-state index in [9.17, 15) is 0 Å². The average molecular weight is 258 g/mol. The van der Waals surface area contributed by atoms with E-state index in [4.69, 9.17) is 4.74 Å². The fourth-order valence-electron chi connectivity index (χ4n) is 2.44. The van der Waals surface area contributed by atoms with Gasteiger partial charge in [-0.25, -0.2) is 9.97 Å². The molecule has 0 aliphatic carbocycles. The van der Waals surface area contributed by atoms with E-state index in [0.29, 0.717) is 18.5 Å². The summed E-state index contributed by atoms with van der Waals surface area (Å²) in [6, 6.07) is 6.08. The maximum Gasteiger partial charge on any atom is 0.213 e. The average Bonchev–Trinajstić information content (AvgIpc) is 2.78. The molecule has 0 amide bonds. The molecule has 1 atom stereocenters. The lowest BCUT2D eigenvalue weighted by atomic mass is 10.0. The number of hydrogen-bond donors (Lipinski definition) is 0. The number of aromatic nitrogens is 3. The van der Waals surface area contributed by atoms with Gasteiger partial charge in [-0.15, -0.1) is 0 Å². The van der Waals surface area contributed by atoms with Crippen molar-refractivity contribution in [3.05, 3.63) is 42.1 Å². The molecule has 3 rings (SSSR count). The number of aryl methyl sites for hydroxylation is 1. The highest BCUT2D eigenvalue weighted by atomic mass is 16.5. The molecule has 5 heteroatoms. The zero-order valence-electron chi connectivity index (χ0n) is 11.3. The van der Waals surface area contributed by atoms with Crippen molar-refractivity contribution in [2.75, 3.05) is 13.7 Å². The molecule has 0 radical (unpaired) electrons. The predicted molar refractivity (Wildman–Crippen MR) is 71.9 cm³/mol. The number of pyridine rings is 1. The first kappa shape index (κ1) is 12.2. The van der Waals surface area contributed by atoms with Crippen LogP contribution >= 0.6 is 0 Å². The number of likely N-dealkylation sites (N-methyl/N-ethyl adjacent to an activating group) is 1. The number of hydrogen-bond acceptors (Lipinski definition) is 4. The molecule has 0 saturated carbocycles. The molecule has 0 aromatic carbocycles. The van der Waals surface area contributed by atoms with Crippen molar-refractivity contribution in [3.8, 4) is 5.88 Å². The Morgan fingerprint density at radius 2 is 2.21 bits per heavy atom. The lowest BCUT2D eigenvalue weighted by Crippen LogP contribution is -2.42. The molecule has 0 bridgehead atoms. The van der Waals surface area contributed by atoms with E-state index in [1.165, 1.54) is 11.4 Å². The zero-order chi connectivity index (χ0) is 13.2. The van der Waals surface area contributed by atoms with Crippen LogP contribution in [0.25, 0.3) is 0 Å². The normalized spacial score (nSPS) is 19.2. The molecule has 19 heavy (non-hydrogen) atoms. The maximum absolute atomic E-state index is 5.76. The summed E-state index contributed by atoms with van der Waals surface area (Å²) in [4.78, 5) is 10.9. The quantitative estimate of drug-likeness (QED) is 0.831. The number of ether oxygens (including phenoxy) is 1. The van der Waals surface area contributed by atoms with Crippen molar-refractivity contribution in [1.82, 2.24) is 19.4 Å². The molecule has 2 aromatic heterocycles. The number of imidazole rings is 1. The first-order valence-electron chi connectivity index (χ1n) is 6.47. The highest BCUT2D eigenvalue weighted by Crippen LogP contribution is 2.21. The first-order valence-corrected chi connectivity index (χ1v) is 6.47. The fraction of sp³-hybridized carbons (Fsp3) is 0.429. The van der Waals surface area contributed by atoms with Crippen LogP contribution in [0.4, 0.5) is 0 Å². The van der Waals surface area contributed by atoms with E-state index >= 15 is 0 Å². The first-order chi connectivity index (χ1) is 9.24. The van der Waals surface area contributed by atoms with Crippen LogP contribution < -0.4 is 4.74 Å². The Balaban J connectivity index is 1.67. The minimum atomic E-state index is 0.366. The monoisotopic (exact) mass is 258 g/mol. The third-order valence-corrected chi connectivity index (χ3v) is 3.66. The molecule has 0 spiro atoms. The highest BCUT2D eigenvalue weighted by molar-refractivity contribution is 5.18. The van der Waals surface area contributed by atoms with Gasteiger partial charge in [-0.2, -0.15) is 0 Å². The minimum absolute atomic E-state index is 0.366. The van der Waals surface area contributed by atoms with Gasteiger partial charge in [0.15, 0.2) is 0 Å². The van der Waals surface area contributed by atoms with E-state index in [-0.39, 0.29) is 0 Å². The van der Waals surface area contributed by atoms with Crippen LogP contribution in [0, 0.1) is 0 Å². The maximum atomic E-state index is 5.76. The van der Waals surface area contributed by atoms with Gasteiger partial charge in [0.2, 0.25) is 5.88 Å². The molecule has 0 N–H and O–H groups in total. The summed E-state index contributed by atoms with van der Waals surface area (Å²) in [7, 11) is 4.16. The summed E-state index contributed by atoms with van der Waals surface area (Å²) in [6.07, 6.45) is 4.61. The standard InChI is InChI=1S/C14H18N4O/c1-17-8-12-13(18(2)10-16-12)7-11(17)9-19-14-5-3-4-6-15-14/h3-6,10-11H,7-9H2,1-2H3. The van der Waals surface area contributed by atoms with E-state index in [2.05, 4.69) is 26.5 Å². The Morgan fingerprint density at radius 1 is 1.32 bits per heavy atom. The molecule has 1 aliphatic heterocycles. The Labute approximate surface area is 112 Å². The summed E-state index contributed by atoms with van der Waals surface area (Å²) in [5.41, 5.74) is 2.49. The summed E-state index contributed by atoms with van der Waals surface area (Å²) >= 11 is 0. The van der Waals surface area contributed by atoms with Crippen LogP contribution in [0.3, 0.4) is 0 Å². The Bertz CT molecular complexity index is 552. The molecule has 3 heterocycles. The van der Waals surface area contributed by atoms with Crippen molar-refractivity contribution in [2.45, 2.75) is 19.0 Å². The summed E-state index contributed by atoms with van der Waals surface area (Å²) in [5.74, 6) is 0.687. The second kappa shape index (κ2) is 5.01. The lowest BCUT2D eigenvalue weighted by Gasteiger charge is -2.32. The van der Waals surface area contributed by atoms with Crippen LogP contribution in [0.1, 0.15) is 11.4 Å². The molecule has 5 nitrogen and oxygen atoms in total. The smallest absolute Gasteiger partial charge is 0.213 e. The van der Waals surface area contributed by atoms with Gasteiger partial charge in [0.25, 0.3) is 0 Å². The third-order valence-electron chi connectivity index (χ3n) is 3.66. The van der Waals surface area contributed by atoms with E-state index in [1.807, 2.05) is 31.6 Å². The third kappa shape index (κ3) is 2.46. The van der Waals surface area contributed by atoms with Gasteiger partial charge in [0.05, 0.1) is 12.0 Å². The Hall–Kier alpha value is -1.88. The molecule has 0 fully saturated rings. The predicted octanol–water partition coefficient (Wildman–Crippen LogP) is 1.25. The number of nitrogens with zero attached hydrogens (tertiary/aromatic N) is 4. The summed E-state index contributed by atoms with van der Waals surface area (Å²) in [6.45, 7) is 1.53. The number of rotatable bonds is 3. The zero-order valence-corrected chi connectivity index (χ0v) is 11.3. The van der Waals surface area contributed by atoms with E-state index in [1.54, 1.807) is 6.20 Å². The molecular formula is C14H18N4O. The van der Waals surface area contributed by atoms with Crippen molar-refractivity contribution in [1.29, 1.82) is 0 Å². The Kier molecular flexibility index (Phi) is 3.21. The van der Waals surface area contributed by atoms with Gasteiger partial charge in [-0.3, -0.25) is 4.90 Å². The van der Waals surface area contributed by atoms with Gasteiger partial charge in [-0.1, -0.05) is 6.07 Å². The second-order valence-electron chi connectivity index (χ2n) is 5.00. The molecular weight excluding hydrogens is 240 g/mol. The van der Waals surface area contributed by atoms with Gasteiger partial charge < -0.3 is 9.30 Å². The lowest BCUT2D eigenvalue weighted by molar-refractivity contribution is 0.138. The van der Waals surface area contributed by atoms with Crippen molar-refractivity contribution in [3.63, 3.8) is 0 Å². The molecule has 2 aromatic rings. The SMILES string of the molecule is CN1Cc2ncn(C)c2CC1COc1ccccn1.